The van der Waals surface area contributed by atoms with Crippen LogP contribution in [-0.2, 0) is 19.1 Å². The molecule has 0 radical (unpaired) electrons. The van der Waals surface area contributed by atoms with Gasteiger partial charge in [-0.25, -0.2) is 9.59 Å². The van der Waals surface area contributed by atoms with E-state index in [1.165, 1.54) is 14.2 Å². The van der Waals surface area contributed by atoms with Crippen molar-refractivity contribution in [2.24, 2.45) is 0 Å². The highest BCUT2D eigenvalue weighted by Gasteiger charge is 2.28. The van der Waals surface area contributed by atoms with Crippen LogP contribution >= 0.6 is 0 Å². The van der Waals surface area contributed by atoms with Gasteiger partial charge in [-0.15, -0.1) is 0 Å². The Morgan fingerprint density at radius 3 is 2.29 bits per heavy atom. The number of anilines is 1. The van der Waals surface area contributed by atoms with Gasteiger partial charge in [-0.05, 0) is 29.7 Å². The number of nitrogens with zero attached hydrogens (tertiary/aromatic N) is 1. The minimum absolute atomic E-state index is 0.127. The number of ether oxygens (including phenoxy) is 2. The molecule has 0 saturated carbocycles. The first-order valence-electron chi connectivity index (χ1n) is 7.65. The second-order valence-corrected chi connectivity index (χ2v) is 5.53. The van der Waals surface area contributed by atoms with Crippen molar-refractivity contribution in [3.63, 3.8) is 0 Å². The van der Waals surface area contributed by atoms with Crippen LogP contribution < -0.4 is 4.90 Å². The molecule has 1 aliphatic rings. The summed E-state index contributed by atoms with van der Waals surface area (Å²) in [5, 5.41) is 0. The van der Waals surface area contributed by atoms with E-state index in [4.69, 9.17) is 9.47 Å². The summed E-state index contributed by atoms with van der Waals surface area (Å²) >= 11 is 0. The maximum absolute atomic E-state index is 12.4. The molecule has 1 heterocycles. The molecule has 5 heteroatoms. The van der Waals surface area contributed by atoms with Gasteiger partial charge in [-0.2, -0.15) is 0 Å². The minimum atomic E-state index is -0.606. The fraction of sp³-hybridized carbons (Fsp3) is 0.263. The molecule has 1 aromatic carbocycles. The van der Waals surface area contributed by atoms with E-state index in [1.807, 2.05) is 24.3 Å². The van der Waals surface area contributed by atoms with Crippen molar-refractivity contribution < 1.29 is 19.1 Å². The Labute approximate surface area is 141 Å². The van der Waals surface area contributed by atoms with Gasteiger partial charge in [0.25, 0.3) is 0 Å². The van der Waals surface area contributed by atoms with Crippen molar-refractivity contribution in [1.29, 1.82) is 0 Å². The average Bonchev–Trinajstić information content (AvgIpc) is 2.83. The molecule has 0 aliphatic carbocycles. The molecule has 126 valence electrons. The zero-order chi connectivity index (χ0) is 17.7. The van der Waals surface area contributed by atoms with Crippen LogP contribution in [0.4, 0.5) is 5.69 Å². The monoisotopic (exact) mass is 327 g/mol. The van der Waals surface area contributed by atoms with Gasteiger partial charge in [-0.3, -0.25) is 0 Å². The van der Waals surface area contributed by atoms with Crippen LogP contribution in [0.25, 0.3) is 0 Å². The summed E-state index contributed by atoms with van der Waals surface area (Å²) in [6.45, 7) is 4.14. The summed E-state index contributed by atoms with van der Waals surface area (Å²) < 4.78 is 9.73. The molecule has 0 atom stereocenters. The first kappa shape index (κ1) is 17.5. The lowest BCUT2D eigenvalue weighted by molar-refractivity contribution is -0.139. The molecule has 24 heavy (non-hydrogen) atoms. The molecule has 1 aliphatic heterocycles. The lowest BCUT2D eigenvalue weighted by Gasteiger charge is -2.26. The second-order valence-electron chi connectivity index (χ2n) is 5.53. The molecule has 0 bridgehead atoms. The SMILES string of the molecule is COC(=O)C1=C(C(=O)OC)N(c2ccccc2C(C)C)C=CC=C1. The van der Waals surface area contributed by atoms with Crippen molar-refractivity contribution in [3.05, 3.63) is 65.5 Å². The molecule has 0 fully saturated rings. The van der Waals surface area contributed by atoms with Crippen LogP contribution in [0.15, 0.2) is 60.0 Å². The van der Waals surface area contributed by atoms with Gasteiger partial charge in [0.05, 0.1) is 19.8 Å². The number of benzene rings is 1. The molecule has 0 aromatic heterocycles. The summed E-state index contributed by atoms with van der Waals surface area (Å²) in [6.07, 6.45) is 6.73. The summed E-state index contributed by atoms with van der Waals surface area (Å²) in [4.78, 5) is 26.2. The van der Waals surface area contributed by atoms with E-state index in [1.54, 1.807) is 29.3 Å². The fourth-order valence-electron chi connectivity index (χ4n) is 2.55. The van der Waals surface area contributed by atoms with Crippen molar-refractivity contribution in [2.75, 3.05) is 19.1 Å². The topological polar surface area (TPSA) is 55.8 Å². The molecule has 2 rings (SSSR count). The highest BCUT2D eigenvalue weighted by molar-refractivity contribution is 6.05. The number of para-hydroxylation sites is 1. The van der Waals surface area contributed by atoms with Crippen molar-refractivity contribution in [2.45, 2.75) is 19.8 Å². The summed E-state index contributed by atoms with van der Waals surface area (Å²) in [6, 6.07) is 7.74. The van der Waals surface area contributed by atoms with Crippen LogP contribution in [0.2, 0.25) is 0 Å². The van der Waals surface area contributed by atoms with Crippen LogP contribution in [0.5, 0.6) is 0 Å². The molecular weight excluding hydrogens is 306 g/mol. The van der Waals surface area contributed by atoms with E-state index in [0.717, 1.165) is 11.3 Å². The molecule has 0 saturated heterocycles. The van der Waals surface area contributed by atoms with Gasteiger partial charge < -0.3 is 14.4 Å². The predicted molar refractivity (Wildman–Crippen MR) is 92.3 cm³/mol. The van der Waals surface area contributed by atoms with Crippen LogP contribution in [-0.4, -0.2) is 26.2 Å². The quantitative estimate of drug-likeness (QED) is 0.794. The van der Waals surface area contributed by atoms with Gasteiger partial charge in [-0.1, -0.05) is 38.1 Å². The van der Waals surface area contributed by atoms with Gasteiger partial charge >= 0.3 is 11.9 Å². The summed E-state index contributed by atoms with van der Waals surface area (Å²) in [5.74, 6) is -0.959. The van der Waals surface area contributed by atoms with E-state index in [9.17, 15) is 9.59 Å². The van der Waals surface area contributed by atoms with Crippen molar-refractivity contribution >= 4 is 17.6 Å². The minimum Gasteiger partial charge on any atom is -0.465 e. The zero-order valence-electron chi connectivity index (χ0n) is 14.3. The summed E-state index contributed by atoms with van der Waals surface area (Å²) in [7, 11) is 2.57. The van der Waals surface area contributed by atoms with E-state index in [2.05, 4.69) is 13.8 Å². The molecule has 0 amide bonds. The van der Waals surface area contributed by atoms with Crippen LogP contribution in [0, 0.1) is 0 Å². The third-order valence-electron chi connectivity index (χ3n) is 3.71. The number of carbonyl (C=O) groups excluding carboxylic acids is 2. The highest BCUT2D eigenvalue weighted by atomic mass is 16.5. The Hall–Kier alpha value is -2.82. The third-order valence-corrected chi connectivity index (χ3v) is 3.71. The first-order valence-corrected chi connectivity index (χ1v) is 7.65. The van der Waals surface area contributed by atoms with E-state index < -0.39 is 11.9 Å². The van der Waals surface area contributed by atoms with Crippen molar-refractivity contribution in [1.82, 2.24) is 0 Å². The normalized spacial score (nSPS) is 14.0. The molecule has 0 unspecified atom stereocenters. The summed E-state index contributed by atoms with van der Waals surface area (Å²) in [5.41, 5.74) is 2.14. The van der Waals surface area contributed by atoms with Crippen molar-refractivity contribution in [3.8, 4) is 0 Å². The van der Waals surface area contributed by atoms with Gasteiger partial charge in [0, 0.05) is 11.9 Å². The standard InChI is InChI=1S/C19H21NO4/c1-13(2)14-9-5-6-11-16(14)20-12-8-7-10-15(18(21)23-3)17(20)19(22)24-4/h5-13H,1-4H3. The molecular formula is C19H21NO4. The second kappa shape index (κ2) is 7.64. The molecule has 0 spiro atoms. The Bertz CT molecular complexity index is 729. The molecule has 1 aromatic rings. The van der Waals surface area contributed by atoms with Crippen LogP contribution in [0.1, 0.15) is 25.3 Å². The highest BCUT2D eigenvalue weighted by Crippen LogP contribution is 2.32. The predicted octanol–water partition coefficient (Wildman–Crippen LogP) is 3.30. The number of allylic oxidation sites excluding steroid dienone is 2. The number of rotatable bonds is 4. The Balaban J connectivity index is 2.71. The lowest BCUT2D eigenvalue weighted by atomic mass is 10.00. The Morgan fingerprint density at radius 1 is 1.00 bits per heavy atom. The zero-order valence-corrected chi connectivity index (χ0v) is 14.3. The smallest absolute Gasteiger partial charge is 0.355 e. The number of carbonyl (C=O) groups is 2. The molecule has 5 nitrogen and oxygen atoms in total. The van der Waals surface area contributed by atoms with Crippen LogP contribution in [0.3, 0.4) is 0 Å². The van der Waals surface area contributed by atoms with E-state index >= 15 is 0 Å². The van der Waals surface area contributed by atoms with Gasteiger partial charge in [0.2, 0.25) is 0 Å². The maximum atomic E-state index is 12.4. The number of hydrogen-bond donors (Lipinski definition) is 0. The Kier molecular flexibility index (Phi) is 5.58. The van der Waals surface area contributed by atoms with E-state index in [-0.39, 0.29) is 17.2 Å². The third kappa shape index (κ3) is 3.40. The maximum Gasteiger partial charge on any atom is 0.355 e. The molecule has 0 N–H and O–H groups in total. The first-order chi connectivity index (χ1) is 11.5. The average molecular weight is 327 g/mol. The fourth-order valence-corrected chi connectivity index (χ4v) is 2.55. The number of hydrogen-bond acceptors (Lipinski definition) is 5. The Morgan fingerprint density at radius 2 is 1.67 bits per heavy atom. The number of methoxy groups -OCH3 is 2. The largest absolute Gasteiger partial charge is 0.465 e. The van der Waals surface area contributed by atoms with Gasteiger partial charge in [0.15, 0.2) is 0 Å². The van der Waals surface area contributed by atoms with E-state index in [0.29, 0.717) is 0 Å². The number of esters is 2. The lowest BCUT2D eigenvalue weighted by Crippen LogP contribution is -2.27. The van der Waals surface area contributed by atoms with Gasteiger partial charge in [0.1, 0.15) is 5.70 Å².